The number of imidazole rings is 1. The first kappa shape index (κ1) is 12.4. The second kappa shape index (κ2) is 4.34. The molecule has 0 amide bonds. The van der Waals surface area contributed by atoms with E-state index in [1.165, 1.54) is 6.20 Å². The Morgan fingerprint density at radius 2 is 1.89 bits per heavy atom. The molecule has 6 nitrogen and oxygen atoms in total. The Labute approximate surface area is 105 Å². The van der Waals surface area contributed by atoms with Gasteiger partial charge in [-0.05, 0) is 37.1 Å². The monoisotopic (exact) mass is 266 g/mol. The van der Waals surface area contributed by atoms with Crippen LogP contribution in [0.2, 0.25) is 0 Å². The van der Waals surface area contributed by atoms with Gasteiger partial charge in [0.05, 0.1) is 4.90 Å². The summed E-state index contributed by atoms with van der Waals surface area (Å²) in [4.78, 5) is 6.75. The Morgan fingerprint density at radius 3 is 2.39 bits per heavy atom. The van der Waals surface area contributed by atoms with Gasteiger partial charge in [-0.15, -0.1) is 0 Å². The van der Waals surface area contributed by atoms with Crippen molar-refractivity contribution < 1.29 is 8.42 Å². The van der Waals surface area contributed by atoms with Gasteiger partial charge in [0, 0.05) is 18.1 Å². The Morgan fingerprint density at radius 1 is 1.28 bits per heavy atom. The topological polar surface area (TPSA) is 101 Å². The molecular weight excluding hydrogens is 252 g/mol. The minimum atomic E-state index is -3.66. The summed E-state index contributed by atoms with van der Waals surface area (Å²) in [5.41, 5.74) is 7.42. The van der Waals surface area contributed by atoms with Gasteiger partial charge in [0.15, 0.2) is 0 Å². The molecule has 0 aliphatic heterocycles. The van der Waals surface area contributed by atoms with E-state index < -0.39 is 10.0 Å². The number of nitrogens with one attached hydrogen (secondary N) is 2. The molecule has 0 aliphatic rings. The number of sulfonamides is 1. The van der Waals surface area contributed by atoms with Crippen molar-refractivity contribution in [3.63, 3.8) is 0 Å². The summed E-state index contributed by atoms with van der Waals surface area (Å²) < 4.78 is 26.9. The van der Waals surface area contributed by atoms with Gasteiger partial charge in [-0.3, -0.25) is 0 Å². The molecule has 0 saturated carbocycles. The number of H-pyrrole nitrogens is 1. The molecular formula is C11H14N4O2S. The molecule has 0 bridgehead atoms. The molecule has 2 rings (SSSR count). The normalized spacial score (nSPS) is 11.4. The Hall–Kier alpha value is -2.02. The maximum atomic E-state index is 12.2. The number of aryl methyl sites for hydroxylation is 2. The number of benzene rings is 1. The molecule has 18 heavy (non-hydrogen) atoms. The summed E-state index contributed by atoms with van der Waals surface area (Å²) in [5, 5.41) is 0. The first-order valence-electron chi connectivity index (χ1n) is 5.29. The molecule has 0 saturated heterocycles. The lowest BCUT2D eigenvalue weighted by Crippen LogP contribution is -2.16. The van der Waals surface area contributed by atoms with Gasteiger partial charge in [-0.1, -0.05) is 0 Å². The minimum Gasteiger partial charge on any atom is -0.399 e. The molecule has 0 aliphatic carbocycles. The molecule has 1 aromatic heterocycles. The number of aromatic amines is 1. The third-order valence-electron chi connectivity index (χ3n) is 2.48. The molecule has 0 unspecified atom stereocenters. The predicted octanol–water partition coefficient (Wildman–Crippen LogP) is 1.41. The van der Waals surface area contributed by atoms with Gasteiger partial charge >= 0.3 is 0 Å². The van der Waals surface area contributed by atoms with Crippen LogP contribution >= 0.6 is 0 Å². The number of aromatic nitrogens is 2. The smallest absolute Gasteiger partial charge is 0.264 e. The average Bonchev–Trinajstić information content (AvgIpc) is 2.66. The van der Waals surface area contributed by atoms with Crippen molar-refractivity contribution in [1.82, 2.24) is 9.97 Å². The van der Waals surface area contributed by atoms with E-state index >= 15 is 0 Å². The van der Waals surface area contributed by atoms with Gasteiger partial charge < -0.3 is 10.7 Å². The fraction of sp³-hybridized carbons (Fsp3) is 0.182. The number of hydrogen-bond donors (Lipinski definition) is 3. The van der Waals surface area contributed by atoms with Gasteiger partial charge in [-0.25, -0.2) is 18.1 Å². The van der Waals surface area contributed by atoms with Crippen LogP contribution in [0.3, 0.4) is 0 Å². The predicted molar refractivity (Wildman–Crippen MR) is 69.7 cm³/mol. The Bertz CT molecular complexity index is 639. The molecule has 7 heteroatoms. The first-order valence-corrected chi connectivity index (χ1v) is 6.77. The maximum Gasteiger partial charge on any atom is 0.264 e. The molecule has 2 aromatic rings. The van der Waals surface area contributed by atoms with Crippen LogP contribution in [0.1, 0.15) is 11.1 Å². The van der Waals surface area contributed by atoms with Crippen LogP contribution in [0.5, 0.6) is 0 Å². The number of rotatable bonds is 3. The molecule has 4 N–H and O–H groups in total. The van der Waals surface area contributed by atoms with E-state index in [9.17, 15) is 8.42 Å². The van der Waals surface area contributed by atoms with Crippen LogP contribution in [0.25, 0.3) is 0 Å². The van der Waals surface area contributed by atoms with Gasteiger partial charge in [0.2, 0.25) is 5.95 Å². The zero-order valence-electron chi connectivity index (χ0n) is 10.1. The summed E-state index contributed by atoms with van der Waals surface area (Å²) in [5.74, 6) is 0.186. The molecule has 1 heterocycles. The summed E-state index contributed by atoms with van der Waals surface area (Å²) in [6, 6.07) is 3.26. The zero-order chi connectivity index (χ0) is 13.3. The lowest BCUT2D eigenvalue weighted by molar-refractivity contribution is 0.599. The number of nitrogens with zero attached hydrogens (tertiary/aromatic N) is 1. The van der Waals surface area contributed by atoms with Crippen LogP contribution in [-0.4, -0.2) is 18.4 Å². The summed E-state index contributed by atoms with van der Waals surface area (Å²) in [6.45, 7) is 3.42. The Balaban J connectivity index is 2.48. The van der Waals surface area contributed by atoms with E-state index in [0.717, 1.165) is 0 Å². The van der Waals surface area contributed by atoms with Crippen molar-refractivity contribution >= 4 is 21.7 Å². The van der Waals surface area contributed by atoms with Crippen molar-refractivity contribution in [3.8, 4) is 0 Å². The van der Waals surface area contributed by atoms with E-state index in [-0.39, 0.29) is 10.8 Å². The zero-order valence-corrected chi connectivity index (χ0v) is 10.9. The standard InChI is InChI=1S/C11H14N4O2S/c1-7-5-9(12)6-8(2)10(7)18(16,17)15-11-13-3-4-14-11/h3-6H,12H2,1-2H3,(H2,13,14,15). The highest BCUT2D eigenvalue weighted by Gasteiger charge is 2.20. The highest BCUT2D eigenvalue weighted by atomic mass is 32.2. The summed E-state index contributed by atoms with van der Waals surface area (Å²) in [6.07, 6.45) is 3.01. The number of hydrogen-bond acceptors (Lipinski definition) is 4. The van der Waals surface area contributed by atoms with Gasteiger partial charge in [0.25, 0.3) is 10.0 Å². The van der Waals surface area contributed by atoms with Crippen molar-refractivity contribution in [2.45, 2.75) is 18.7 Å². The molecule has 96 valence electrons. The third-order valence-corrected chi connectivity index (χ3v) is 4.12. The number of nitrogen functional groups attached to an aromatic ring is 1. The third kappa shape index (κ3) is 2.30. The second-order valence-corrected chi connectivity index (χ2v) is 5.65. The lowest BCUT2D eigenvalue weighted by atomic mass is 10.1. The van der Waals surface area contributed by atoms with Crippen molar-refractivity contribution in [3.05, 3.63) is 35.7 Å². The first-order chi connectivity index (χ1) is 8.40. The van der Waals surface area contributed by atoms with Crippen LogP contribution in [0, 0.1) is 13.8 Å². The quantitative estimate of drug-likeness (QED) is 0.731. The van der Waals surface area contributed by atoms with Crippen molar-refractivity contribution in [1.29, 1.82) is 0 Å². The fourth-order valence-electron chi connectivity index (χ4n) is 1.91. The molecule has 0 atom stereocenters. The molecule has 1 aromatic carbocycles. The molecule has 0 fully saturated rings. The van der Waals surface area contributed by atoms with Crippen LogP contribution in [0.4, 0.5) is 11.6 Å². The van der Waals surface area contributed by atoms with Gasteiger partial charge in [-0.2, -0.15) is 0 Å². The lowest BCUT2D eigenvalue weighted by Gasteiger charge is -2.12. The number of anilines is 2. The molecule has 0 spiro atoms. The SMILES string of the molecule is Cc1cc(N)cc(C)c1S(=O)(=O)Nc1ncc[nH]1. The van der Waals surface area contributed by atoms with Crippen molar-refractivity contribution in [2.75, 3.05) is 10.5 Å². The second-order valence-electron chi connectivity index (χ2n) is 4.03. The average molecular weight is 266 g/mol. The maximum absolute atomic E-state index is 12.2. The Kier molecular flexibility index (Phi) is 3.00. The van der Waals surface area contributed by atoms with Gasteiger partial charge in [0.1, 0.15) is 0 Å². The van der Waals surface area contributed by atoms with Crippen LogP contribution in [0.15, 0.2) is 29.4 Å². The van der Waals surface area contributed by atoms with Crippen LogP contribution in [-0.2, 0) is 10.0 Å². The van der Waals surface area contributed by atoms with E-state index in [0.29, 0.717) is 16.8 Å². The minimum absolute atomic E-state index is 0.186. The summed E-state index contributed by atoms with van der Waals surface area (Å²) >= 11 is 0. The van der Waals surface area contributed by atoms with E-state index in [2.05, 4.69) is 14.7 Å². The van der Waals surface area contributed by atoms with Crippen molar-refractivity contribution in [2.24, 2.45) is 0 Å². The highest BCUT2D eigenvalue weighted by molar-refractivity contribution is 7.92. The van der Waals surface area contributed by atoms with E-state index in [1.54, 1.807) is 32.2 Å². The summed E-state index contributed by atoms with van der Waals surface area (Å²) in [7, 11) is -3.66. The largest absolute Gasteiger partial charge is 0.399 e. The van der Waals surface area contributed by atoms with E-state index in [4.69, 9.17) is 5.73 Å². The van der Waals surface area contributed by atoms with E-state index in [1.807, 2.05) is 0 Å². The molecule has 0 radical (unpaired) electrons. The highest BCUT2D eigenvalue weighted by Crippen LogP contribution is 2.24. The van der Waals surface area contributed by atoms with Crippen LogP contribution < -0.4 is 10.5 Å². The number of nitrogens with two attached hydrogens (primary N) is 1. The fourth-order valence-corrected chi connectivity index (χ4v) is 3.34.